The first-order chi connectivity index (χ1) is 18.3. The van der Waals surface area contributed by atoms with Crippen molar-refractivity contribution in [1.82, 2.24) is 30.1 Å². The lowest BCUT2D eigenvalue weighted by Crippen LogP contribution is -2.49. The zero-order valence-electron chi connectivity index (χ0n) is 22.3. The minimum absolute atomic E-state index is 0.170. The Bertz CT molecular complexity index is 1460. The quantitative estimate of drug-likeness (QED) is 0.375. The fourth-order valence-corrected chi connectivity index (χ4v) is 5.00. The summed E-state index contributed by atoms with van der Waals surface area (Å²) >= 11 is 0. The fraction of sp³-hybridized carbons (Fsp3) is 0.429. The third-order valence-corrected chi connectivity index (χ3v) is 7.50. The Balaban J connectivity index is 1.56. The molecule has 0 radical (unpaired) electrons. The van der Waals surface area contributed by atoms with Gasteiger partial charge in [-0.05, 0) is 86.1 Å². The molecule has 9 nitrogen and oxygen atoms in total. The van der Waals surface area contributed by atoms with Crippen LogP contribution in [0.4, 0.5) is 10.1 Å². The predicted molar refractivity (Wildman–Crippen MR) is 145 cm³/mol. The highest BCUT2D eigenvalue weighted by atomic mass is 19.1. The fourth-order valence-electron chi connectivity index (χ4n) is 5.00. The monoisotopic (exact) mass is 519 g/mol. The Morgan fingerprint density at radius 1 is 1.05 bits per heavy atom. The maximum absolute atomic E-state index is 13.5. The van der Waals surface area contributed by atoms with E-state index in [1.165, 1.54) is 12.1 Å². The molecule has 1 aliphatic rings. The first kappa shape index (κ1) is 25.8. The Morgan fingerprint density at radius 3 is 2.47 bits per heavy atom. The van der Waals surface area contributed by atoms with Gasteiger partial charge in [-0.15, -0.1) is 5.10 Å². The van der Waals surface area contributed by atoms with Crippen LogP contribution in [-0.4, -0.2) is 62.9 Å². The molecular weight excluding hydrogens is 485 g/mol. The number of hydrogen-bond acceptors (Lipinski definition) is 7. The van der Waals surface area contributed by atoms with E-state index in [9.17, 15) is 9.18 Å². The zero-order chi connectivity index (χ0) is 26.9. The number of rotatable bonds is 8. The van der Waals surface area contributed by atoms with Gasteiger partial charge >= 0.3 is 0 Å². The van der Waals surface area contributed by atoms with Crippen molar-refractivity contribution < 1.29 is 9.13 Å². The number of piperazine rings is 1. The number of nitrogens with one attached hydrogen (secondary N) is 1. The van der Waals surface area contributed by atoms with Crippen molar-refractivity contribution in [3.05, 3.63) is 76.1 Å². The van der Waals surface area contributed by atoms with Crippen LogP contribution in [-0.2, 0) is 5.54 Å². The number of aromatic amines is 1. The van der Waals surface area contributed by atoms with Gasteiger partial charge in [0.25, 0.3) is 5.56 Å². The zero-order valence-corrected chi connectivity index (χ0v) is 22.3. The van der Waals surface area contributed by atoms with E-state index < -0.39 is 6.04 Å². The predicted octanol–water partition coefficient (Wildman–Crippen LogP) is 4.11. The Morgan fingerprint density at radius 2 is 1.79 bits per heavy atom. The average Bonchev–Trinajstić information content (AvgIpc) is 3.41. The number of H-pyrrole nitrogens is 1. The molecule has 0 unspecified atom stereocenters. The average molecular weight is 520 g/mol. The molecule has 38 heavy (non-hydrogen) atoms. The van der Waals surface area contributed by atoms with Gasteiger partial charge in [0.1, 0.15) is 17.6 Å². The summed E-state index contributed by atoms with van der Waals surface area (Å²) in [6.45, 7) is 11.6. The van der Waals surface area contributed by atoms with Crippen LogP contribution in [0.25, 0.3) is 10.9 Å². The highest BCUT2D eigenvalue weighted by Crippen LogP contribution is 2.32. The summed E-state index contributed by atoms with van der Waals surface area (Å²) in [7, 11) is 0. The lowest BCUT2D eigenvalue weighted by Gasteiger charge is -2.40. The van der Waals surface area contributed by atoms with E-state index in [0.717, 1.165) is 41.9 Å². The molecular formula is C28H34FN7O2. The highest BCUT2D eigenvalue weighted by Gasteiger charge is 2.35. The molecule has 0 bridgehead atoms. The maximum Gasteiger partial charge on any atom is 0.253 e. The maximum atomic E-state index is 13.5. The SMILES string of the molecule is CCOc1ccc2[nH]c(=O)c([C@@H](c3nnnn3C(C)(C)CC)N3CCN(c4ccc(F)cc4)CC3)cc2c1. The Hall–Kier alpha value is -3.79. The van der Waals surface area contributed by atoms with Crippen molar-refractivity contribution in [1.29, 1.82) is 0 Å². The number of tetrazole rings is 1. The summed E-state index contributed by atoms with van der Waals surface area (Å²) in [5, 5.41) is 13.7. The summed E-state index contributed by atoms with van der Waals surface area (Å²) in [5.41, 5.74) is 1.81. The second kappa shape index (κ2) is 10.5. The smallest absolute Gasteiger partial charge is 0.253 e. The van der Waals surface area contributed by atoms with E-state index in [1.807, 2.05) is 35.9 Å². The topological polar surface area (TPSA) is 92.2 Å². The van der Waals surface area contributed by atoms with Gasteiger partial charge in [0.05, 0.1) is 12.1 Å². The Kier molecular flexibility index (Phi) is 7.16. The molecule has 2 aromatic heterocycles. The molecule has 1 fully saturated rings. The van der Waals surface area contributed by atoms with Crippen LogP contribution in [0.2, 0.25) is 0 Å². The summed E-state index contributed by atoms with van der Waals surface area (Å²) in [5.74, 6) is 1.14. The van der Waals surface area contributed by atoms with E-state index in [1.54, 1.807) is 12.1 Å². The van der Waals surface area contributed by atoms with Crippen LogP contribution in [0.15, 0.2) is 53.3 Å². The van der Waals surface area contributed by atoms with E-state index in [0.29, 0.717) is 31.1 Å². The molecule has 1 aliphatic heterocycles. The summed E-state index contributed by atoms with van der Waals surface area (Å²) < 4.78 is 21.0. The van der Waals surface area contributed by atoms with Crippen molar-refractivity contribution in [2.45, 2.75) is 45.7 Å². The minimum Gasteiger partial charge on any atom is -0.494 e. The largest absolute Gasteiger partial charge is 0.494 e. The van der Waals surface area contributed by atoms with Crippen molar-refractivity contribution in [2.24, 2.45) is 0 Å². The van der Waals surface area contributed by atoms with Gasteiger partial charge in [0.15, 0.2) is 5.82 Å². The van der Waals surface area contributed by atoms with Crippen LogP contribution in [0.5, 0.6) is 5.75 Å². The molecule has 0 aliphatic carbocycles. The minimum atomic E-state index is -0.449. The molecule has 1 atom stereocenters. The van der Waals surface area contributed by atoms with Gasteiger partial charge in [0.2, 0.25) is 0 Å². The molecule has 4 aromatic rings. The van der Waals surface area contributed by atoms with Gasteiger partial charge in [0, 0.05) is 48.3 Å². The van der Waals surface area contributed by atoms with Crippen LogP contribution in [0.1, 0.15) is 51.5 Å². The summed E-state index contributed by atoms with van der Waals surface area (Å²) in [6, 6.07) is 13.7. The second-order valence-electron chi connectivity index (χ2n) is 10.3. The lowest BCUT2D eigenvalue weighted by molar-refractivity contribution is 0.186. The van der Waals surface area contributed by atoms with Crippen molar-refractivity contribution in [3.63, 3.8) is 0 Å². The number of pyridine rings is 1. The van der Waals surface area contributed by atoms with E-state index >= 15 is 0 Å². The van der Waals surface area contributed by atoms with Gasteiger partial charge < -0.3 is 14.6 Å². The number of aromatic nitrogens is 5. The van der Waals surface area contributed by atoms with Crippen LogP contribution in [0, 0.1) is 5.82 Å². The lowest BCUT2D eigenvalue weighted by atomic mass is 9.98. The number of ether oxygens (including phenoxy) is 1. The number of halogens is 1. The number of benzene rings is 2. The van der Waals surface area contributed by atoms with Crippen molar-refractivity contribution >= 4 is 16.6 Å². The van der Waals surface area contributed by atoms with Gasteiger partial charge in [-0.1, -0.05) is 6.92 Å². The van der Waals surface area contributed by atoms with E-state index in [4.69, 9.17) is 4.74 Å². The van der Waals surface area contributed by atoms with E-state index in [2.05, 4.69) is 51.1 Å². The molecule has 200 valence electrons. The number of nitrogens with zero attached hydrogens (tertiary/aromatic N) is 6. The third-order valence-electron chi connectivity index (χ3n) is 7.50. The van der Waals surface area contributed by atoms with Gasteiger partial charge in [-0.2, -0.15) is 0 Å². The number of anilines is 1. The molecule has 1 saturated heterocycles. The summed E-state index contributed by atoms with van der Waals surface area (Å²) in [6.07, 6.45) is 0.821. The molecule has 0 amide bonds. The van der Waals surface area contributed by atoms with Crippen LogP contribution < -0.4 is 15.2 Å². The molecule has 3 heterocycles. The first-order valence-electron chi connectivity index (χ1n) is 13.1. The summed E-state index contributed by atoms with van der Waals surface area (Å²) in [4.78, 5) is 21.1. The normalized spacial score (nSPS) is 15.7. The molecule has 10 heteroatoms. The molecule has 5 rings (SSSR count). The van der Waals surface area contributed by atoms with Gasteiger partial charge in [-0.3, -0.25) is 9.69 Å². The highest BCUT2D eigenvalue weighted by molar-refractivity contribution is 5.80. The molecule has 2 aromatic carbocycles. The Labute approximate surface area is 221 Å². The standard InChI is InChI=1S/C28H34FN7O2/c1-5-28(3,4)36-26(31-32-33-36)25(35-15-13-34(14-16-35)21-9-7-20(29)8-10-21)23-18-19-17-22(38-6-2)11-12-24(19)30-27(23)37/h7-12,17-18,25H,5-6,13-16H2,1-4H3,(H,30,37)/t25-/m0/s1. The molecule has 0 spiro atoms. The van der Waals surface area contributed by atoms with Crippen LogP contribution in [0.3, 0.4) is 0 Å². The second-order valence-corrected chi connectivity index (χ2v) is 10.3. The number of fused-ring (bicyclic) bond motifs is 1. The van der Waals surface area contributed by atoms with Crippen LogP contribution >= 0.6 is 0 Å². The first-order valence-corrected chi connectivity index (χ1v) is 13.1. The van der Waals surface area contributed by atoms with Crippen molar-refractivity contribution in [2.75, 3.05) is 37.7 Å². The third kappa shape index (κ3) is 5.00. The van der Waals surface area contributed by atoms with Gasteiger partial charge in [-0.25, -0.2) is 9.07 Å². The molecule has 1 N–H and O–H groups in total. The molecule has 0 saturated carbocycles. The number of hydrogen-bond donors (Lipinski definition) is 1. The van der Waals surface area contributed by atoms with Crippen molar-refractivity contribution in [3.8, 4) is 5.75 Å². The van der Waals surface area contributed by atoms with E-state index in [-0.39, 0.29) is 16.9 Å².